The van der Waals surface area contributed by atoms with Crippen LogP contribution in [-0.2, 0) is 4.79 Å². The van der Waals surface area contributed by atoms with Gasteiger partial charge >= 0.3 is 0 Å². The number of carbonyl (C=O) groups is 1. The summed E-state index contributed by atoms with van der Waals surface area (Å²) in [4.78, 5) is 14.8. The number of nitrogens with zero attached hydrogens (tertiary/aromatic N) is 1. The first kappa shape index (κ1) is 19.2. The Morgan fingerprint density at radius 1 is 1.11 bits per heavy atom. The Morgan fingerprint density at radius 3 is 2.52 bits per heavy atom. The van der Waals surface area contributed by atoms with Gasteiger partial charge in [0.2, 0.25) is 5.91 Å². The van der Waals surface area contributed by atoms with E-state index in [9.17, 15) is 4.79 Å². The Labute approximate surface area is 161 Å². The van der Waals surface area contributed by atoms with Gasteiger partial charge in [-0.15, -0.1) is 0 Å². The molecule has 1 N–H and O–H groups in total. The molecule has 2 aromatic rings. The second-order valence-electron chi connectivity index (χ2n) is 7.16. The lowest BCUT2D eigenvalue weighted by atomic mass is 10.0. The molecule has 0 bridgehead atoms. The van der Waals surface area contributed by atoms with E-state index in [1.807, 2.05) is 44.2 Å². The Kier molecular flexibility index (Phi) is 6.01. The Morgan fingerprint density at radius 2 is 1.85 bits per heavy atom. The molecule has 1 fully saturated rings. The maximum atomic E-state index is 12.6. The molecule has 27 heavy (non-hydrogen) atoms. The highest BCUT2D eigenvalue weighted by Gasteiger charge is 2.29. The van der Waals surface area contributed by atoms with Crippen LogP contribution in [0.15, 0.2) is 36.4 Å². The standard InChI is InChI=1S/C22H28N2O3/c1-15-10-16(2)12-17(11-15)23-22(25)14-24-9-5-6-20(24)19-8-7-18(26-3)13-21(19)27-4/h7-8,10-13,20H,5-6,9,14H2,1-4H3,(H,23,25). The van der Waals surface area contributed by atoms with Crippen molar-refractivity contribution in [1.82, 2.24) is 4.90 Å². The molecule has 5 heteroatoms. The maximum absolute atomic E-state index is 12.6. The lowest BCUT2D eigenvalue weighted by Crippen LogP contribution is -2.33. The first-order valence-corrected chi connectivity index (χ1v) is 9.34. The Hall–Kier alpha value is -2.53. The van der Waals surface area contributed by atoms with E-state index in [1.54, 1.807) is 14.2 Å². The molecule has 0 saturated carbocycles. The van der Waals surface area contributed by atoms with Gasteiger partial charge < -0.3 is 14.8 Å². The van der Waals surface area contributed by atoms with E-state index in [0.717, 1.165) is 53.3 Å². The van der Waals surface area contributed by atoms with Gasteiger partial charge in [0.15, 0.2) is 0 Å². The molecule has 3 rings (SSSR count). The van der Waals surface area contributed by atoms with Gasteiger partial charge in [-0.2, -0.15) is 0 Å². The van der Waals surface area contributed by atoms with Gasteiger partial charge in [-0.05, 0) is 62.6 Å². The zero-order chi connectivity index (χ0) is 19.4. The Bertz CT molecular complexity index is 799. The minimum atomic E-state index is 0.0133. The summed E-state index contributed by atoms with van der Waals surface area (Å²) in [7, 11) is 3.32. The summed E-state index contributed by atoms with van der Waals surface area (Å²) in [6.45, 7) is 5.34. The molecular formula is C22H28N2O3. The fourth-order valence-electron chi connectivity index (χ4n) is 3.89. The normalized spacial score (nSPS) is 17.0. The predicted octanol–water partition coefficient (Wildman–Crippen LogP) is 4.10. The molecule has 0 spiro atoms. The van der Waals surface area contributed by atoms with Gasteiger partial charge in [0.05, 0.1) is 20.8 Å². The highest BCUT2D eigenvalue weighted by molar-refractivity contribution is 5.92. The SMILES string of the molecule is COc1ccc(C2CCCN2CC(=O)Nc2cc(C)cc(C)c2)c(OC)c1. The summed E-state index contributed by atoms with van der Waals surface area (Å²) in [5.74, 6) is 1.59. The quantitative estimate of drug-likeness (QED) is 0.834. The minimum absolute atomic E-state index is 0.0133. The Balaban J connectivity index is 1.72. The summed E-state index contributed by atoms with van der Waals surface area (Å²) in [5, 5.41) is 3.04. The molecule has 1 saturated heterocycles. The zero-order valence-corrected chi connectivity index (χ0v) is 16.5. The van der Waals surface area contributed by atoms with E-state index in [0.29, 0.717) is 6.54 Å². The van der Waals surface area contributed by atoms with Crippen LogP contribution in [0.5, 0.6) is 11.5 Å². The summed E-state index contributed by atoms with van der Waals surface area (Å²) >= 11 is 0. The van der Waals surface area contributed by atoms with Crippen LogP contribution >= 0.6 is 0 Å². The highest BCUT2D eigenvalue weighted by Crippen LogP contribution is 2.38. The lowest BCUT2D eigenvalue weighted by molar-refractivity contribution is -0.117. The number of likely N-dealkylation sites (tertiary alicyclic amines) is 1. The molecule has 1 heterocycles. The van der Waals surface area contributed by atoms with E-state index in [1.165, 1.54) is 0 Å². The van der Waals surface area contributed by atoms with Crippen molar-refractivity contribution in [1.29, 1.82) is 0 Å². The topological polar surface area (TPSA) is 50.8 Å². The van der Waals surface area contributed by atoms with Crippen molar-refractivity contribution in [2.75, 3.05) is 32.6 Å². The van der Waals surface area contributed by atoms with Crippen LogP contribution in [0, 0.1) is 13.8 Å². The fourth-order valence-corrected chi connectivity index (χ4v) is 3.89. The van der Waals surface area contributed by atoms with Gasteiger partial charge in [0.1, 0.15) is 11.5 Å². The molecular weight excluding hydrogens is 340 g/mol. The zero-order valence-electron chi connectivity index (χ0n) is 16.5. The number of ether oxygens (including phenoxy) is 2. The average Bonchev–Trinajstić information content (AvgIpc) is 3.07. The monoisotopic (exact) mass is 368 g/mol. The molecule has 1 atom stereocenters. The maximum Gasteiger partial charge on any atom is 0.238 e. The van der Waals surface area contributed by atoms with Crippen LogP contribution in [0.2, 0.25) is 0 Å². The fraction of sp³-hybridized carbons (Fsp3) is 0.409. The molecule has 0 aliphatic carbocycles. The number of nitrogens with one attached hydrogen (secondary N) is 1. The van der Waals surface area contributed by atoms with Crippen molar-refractivity contribution in [3.63, 3.8) is 0 Å². The first-order chi connectivity index (χ1) is 13.0. The number of rotatable bonds is 6. The summed E-state index contributed by atoms with van der Waals surface area (Å²) in [6, 6.07) is 12.2. The third kappa shape index (κ3) is 4.61. The molecule has 1 aliphatic heterocycles. The molecule has 1 aliphatic rings. The van der Waals surface area contributed by atoms with Crippen molar-refractivity contribution in [2.45, 2.75) is 32.7 Å². The number of carbonyl (C=O) groups excluding carboxylic acids is 1. The van der Waals surface area contributed by atoms with Gasteiger partial charge in [0.25, 0.3) is 0 Å². The average molecular weight is 368 g/mol. The van der Waals surface area contributed by atoms with Crippen LogP contribution < -0.4 is 14.8 Å². The molecule has 1 unspecified atom stereocenters. The third-order valence-corrected chi connectivity index (χ3v) is 5.02. The van der Waals surface area contributed by atoms with Gasteiger partial charge in [-0.3, -0.25) is 9.69 Å². The van der Waals surface area contributed by atoms with Gasteiger partial charge in [0, 0.05) is 23.4 Å². The van der Waals surface area contributed by atoms with E-state index in [-0.39, 0.29) is 11.9 Å². The van der Waals surface area contributed by atoms with Gasteiger partial charge in [-0.25, -0.2) is 0 Å². The molecule has 2 aromatic carbocycles. The number of anilines is 1. The first-order valence-electron chi connectivity index (χ1n) is 9.34. The van der Waals surface area contributed by atoms with E-state index >= 15 is 0 Å². The predicted molar refractivity (Wildman–Crippen MR) is 108 cm³/mol. The molecule has 0 radical (unpaired) electrons. The van der Waals surface area contributed by atoms with Crippen LogP contribution in [0.4, 0.5) is 5.69 Å². The number of amides is 1. The second-order valence-corrected chi connectivity index (χ2v) is 7.16. The number of aryl methyl sites for hydroxylation is 2. The minimum Gasteiger partial charge on any atom is -0.497 e. The molecule has 144 valence electrons. The van der Waals surface area contributed by atoms with Crippen LogP contribution in [0.3, 0.4) is 0 Å². The van der Waals surface area contributed by atoms with Crippen molar-refractivity contribution in [2.24, 2.45) is 0 Å². The van der Waals surface area contributed by atoms with Crippen molar-refractivity contribution < 1.29 is 14.3 Å². The molecule has 0 aromatic heterocycles. The summed E-state index contributed by atoms with van der Waals surface area (Å²) in [6.07, 6.45) is 2.08. The molecule has 5 nitrogen and oxygen atoms in total. The van der Waals surface area contributed by atoms with Crippen LogP contribution in [0.1, 0.15) is 35.6 Å². The van der Waals surface area contributed by atoms with E-state index < -0.39 is 0 Å². The smallest absolute Gasteiger partial charge is 0.238 e. The van der Waals surface area contributed by atoms with E-state index in [2.05, 4.69) is 16.3 Å². The third-order valence-electron chi connectivity index (χ3n) is 5.02. The van der Waals surface area contributed by atoms with E-state index in [4.69, 9.17) is 9.47 Å². The van der Waals surface area contributed by atoms with Gasteiger partial charge in [-0.1, -0.05) is 12.1 Å². The lowest BCUT2D eigenvalue weighted by Gasteiger charge is -2.26. The number of hydrogen-bond donors (Lipinski definition) is 1. The summed E-state index contributed by atoms with van der Waals surface area (Å²) < 4.78 is 10.9. The second kappa shape index (κ2) is 8.44. The van der Waals surface area contributed by atoms with Crippen molar-refractivity contribution in [3.05, 3.63) is 53.1 Å². The number of methoxy groups -OCH3 is 2. The molecule has 1 amide bonds. The summed E-state index contributed by atoms with van der Waals surface area (Å²) in [5.41, 5.74) is 4.25. The van der Waals surface area contributed by atoms with Crippen molar-refractivity contribution >= 4 is 11.6 Å². The number of hydrogen-bond acceptors (Lipinski definition) is 4. The van der Waals surface area contributed by atoms with Crippen LogP contribution in [0.25, 0.3) is 0 Å². The largest absolute Gasteiger partial charge is 0.497 e. The number of benzene rings is 2. The highest BCUT2D eigenvalue weighted by atomic mass is 16.5. The van der Waals surface area contributed by atoms with Crippen molar-refractivity contribution in [3.8, 4) is 11.5 Å². The van der Waals surface area contributed by atoms with Crippen LogP contribution in [-0.4, -0.2) is 38.1 Å².